The molecule has 0 fully saturated rings. The summed E-state index contributed by atoms with van der Waals surface area (Å²) in [5.74, 6) is 1.65. The van der Waals surface area contributed by atoms with Crippen molar-refractivity contribution in [3.05, 3.63) is 65.4 Å². The SMILES string of the molecule is COc1ccc(-c2noc(C3=C(C)N(CC(C)C)C(=O)NC3c3ccc(F)cc3)n2)cc1OC. The van der Waals surface area contributed by atoms with E-state index in [0.29, 0.717) is 46.3 Å². The van der Waals surface area contributed by atoms with E-state index in [0.717, 1.165) is 0 Å². The Balaban J connectivity index is 1.80. The fraction of sp³-hybridized carbons (Fsp3) is 0.320. The highest BCUT2D eigenvalue weighted by molar-refractivity contribution is 5.86. The van der Waals surface area contributed by atoms with Crippen LogP contribution in [-0.2, 0) is 0 Å². The zero-order valence-electron chi connectivity index (χ0n) is 19.8. The van der Waals surface area contributed by atoms with Crippen LogP contribution in [-0.4, -0.2) is 41.8 Å². The van der Waals surface area contributed by atoms with Crippen molar-refractivity contribution in [1.29, 1.82) is 0 Å². The molecule has 3 aromatic rings. The van der Waals surface area contributed by atoms with Gasteiger partial charge in [0, 0.05) is 17.8 Å². The molecule has 1 N–H and O–H groups in total. The van der Waals surface area contributed by atoms with Crippen molar-refractivity contribution in [3.63, 3.8) is 0 Å². The molecule has 0 saturated heterocycles. The molecular weight excluding hydrogens is 439 g/mol. The van der Waals surface area contributed by atoms with Crippen LogP contribution in [0.15, 0.2) is 52.7 Å². The van der Waals surface area contributed by atoms with Gasteiger partial charge in [-0.3, -0.25) is 4.90 Å². The number of hydrogen-bond donors (Lipinski definition) is 1. The van der Waals surface area contributed by atoms with Gasteiger partial charge in [0.05, 0.1) is 25.8 Å². The number of amides is 2. The van der Waals surface area contributed by atoms with E-state index in [1.165, 1.54) is 12.1 Å². The minimum absolute atomic E-state index is 0.232. The molecule has 0 spiro atoms. The van der Waals surface area contributed by atoms with Crippen LogP contribution in [0.5, 0.6) is 11.5 Å². The van der Waals surface area contributed by atoms with Gasteiger partial charge in [0.15, 0.2) is 11.5 Å². The van der Waals surface area contributed by atoms with E-state index in [1.54, 1.807) is 43.4 Å². The Morgan fingerprint density at radius 3 is 2.47 bits per heavy atom. The highest BCUT2D eigenvalue weighted by Crippen LogP contribution is 2.38. The maximum Gasteiger partial charge on any atom is 0.322 e. The molecule has 4 rings (SSSR count). The number of hydrogen-bond acceptors (Lipinski definition) is 6. The first-order valence-corrected chi connectivity index (χ1v) is 10.9. The Labute approximate surface area is 197 Å². The topological polar surface area (TPSA) is 89.7 Å². The van der Waals surface area contributed by atoms with Gasteiger partial charge < -0.3 is 19.3 Å². The summed E-state index contributed by atoms with van der Waals surface area (Å²) < 4.78 is 29.9. The van der Waals surface area contributed by atoms with Crippen LogP contribution in [0.25, 0.3) is 17.0 Å². The number of aromatic nitrogens is 2. The molecule has 1 unspecified atom stereocenters. The number of benzene rings is 2. The van der Waals surface area contributed by atoms with Crippen LogP contribution < -0.4 is 14.8 Å². The third kappa shape index (κ3) is 4.46. The summed E-state index contributed by atoms with van der Waals surface area (Å²) in [4.78, 5) is 19.2. The molecule has 0 radical (unpaired) electrons. The molecule has 1 aliphatic heterocycles. The molecule has 1 atom stereocenters. The van der Waals surface area contributed by atoms with Gasteiger partial charge in [-0.15, -0.1) is 0 Å². The highest BCUT2D eigenvalue weighted by atomic mass is 19.1. The number of carbonyl (C=O) groups excluding carboxylic acids is 1. The van der Waals surface area contributed by atoms with E-state index >= 15 is 0 Å². The third-order valence-electron chi connectivity index (χ3n) is 5.65. The predicted octanol–water partition coefficient (Wildman–Crippen LogP) is 5.05. The maximum atomic E-state index is 13.6. The zero-order valence-corrected chi connectivity index (χ0v) is 19.8. The van der Waals surface area contributed by atoms with Crippen LogP contribution in [0.2, 0.25) is 0 Å². The molecule has 2 aromatic carbocycles. The van der Waals surface area contributed by atoms with Crippen molar-refractivity contribution in [1.82, 2.24) is 20.4 Å². The zero-order chi connectivity index (χ0) is 24.4. The molecule has 2 heterocycles. The number of ether oxygens (including phenoxy) is 2. The second-order valence-electron chi connectivity index (χ2n) is 8.43. The van der Waals surface area contributed by atoms with Gasteiger partial charge in [0.1, 0.15) is 5.82 Å². The van der Waals surface area contributed by atoms with E-state index in [9.17, 15) is 9.18 Å². The van der Waals surface area contributed by atoms with Crippen molar-refractivity contribution in [2.75, 3.05) is 20.8 Å². The van der Waals surface area contributed by atoms with E-state index in [-0.39, 0.29) is 23.7 Å². The quantitative estimate of drug-likeness (QED) is 0.524. The average Bonchev–Trinajstić information content (AvgIpc) is 3.31. The first kappa shape index (κ1) is 23.3. The van der Waals surface area contributed by atoms with Gasteiger partial charge in [-0.05, 0) is 48.7 Å². The van der Waals surface area contributed by atoms with Crippen LogP contribution >= 0.6 is 0 Å². The third-order valence-corrected chi connectivity index (χ3v) is 5.65. The molecule has 34 heavy (non-hydrogen) atoms. The summed E-state index contributed by atoms with van der Waals surface area (Å²) in [7, 11) is 3.12. The van der Waals surface area contributed by atoms with Crippen LogP contribution in [0, 0.1) is 11.7 Å². The molecule has 0 bridgehead atoms. The minimum Gasteiger partial charge on any atom is -0.493 e. The number of nitrogens with one attached hydrogen (secondary N) is 1. The Bertz CT molecular complexity index is 1220. The smallest absolute Gasteiger partial charge is 0.322 e. The molecule has 178 valence electrons. The van der Waals surface area contributed by atoms with E-state index in [4.69, 9.17) is 14.0 Å². The van der Waals surface area contributed by atoms with Gasteiger partial charge in [0.25, 0.3) is 5.89 Å². The molecular formula is C25H27FN4O4. The van der Waals surface area contributed by atoms with Crippen LogP contribution in [0.4, 0.5) is 9.18 Å². The number of rotatable bonds is 7. The van der Waals surface area contributed by atoms with Gasteiger partial charge >= 0.3 is 6.03 Å². The first-order chi connectivity index (χ1) is 16.3. The summed E-state index contributed by atoms with van der Waals surface area (Å²) in [6, 6.07) is 10.5. The van der Waals surface area contributed by atoms with E-state index in [1.807, 2.05) is 26.8 Å². The lowest BCUT2D eigenvalue weighted by molar-refractivity contribution is 0.199. The van der Waals surface area contributed by atoms with Crippen molar-refractivity contribution < 1.29 is 23.2 Å². The second-order valence-corrected chi connectivity index (χ2v) is 8.43. The average molecular weight is 467 g/mol. The monoisotopic (exact) mass is 466 g/mol. The Hall–Kier alpha value is -3.88. The summed E-state index contributed by atoms with van der Waals surface area (Å²) in [5.41, 5.74) is 2.75. The van der Waals surface area contributed by atoms with Gasteiger partial charge in [-0.2, -0.15) is 4.98 Å². The Morgan fingerprint density at radius 1 is 1.12 bits per heavy atom. The number of halogens is 1. The number of urea groups is 1. The second kappa shape index (κ2) is 9.54. The molecule has 8 nitrogen and oxygen atoms in total. The van der Waals surface area contributed by atoms with Gasteiger partial charge in [-0.1, -0.05) is 31.1 Å². The fourth-order valence-electron chi connectivity index (χ4n) is 3.97. The summed E-state index contributed by atoms with van der Waals surface area (Å²) >= 11 is 0. The number of carbonyl (C=O) groups is 1. The molecule has 0 aliphatic carbocycles. The van der Waals surface area contributed by atoms with Crippen molar-refractivity contribution >= 4 is 11.6 Å². The van der Waals surface area contributed by atoms with Crippen molar-refractivity contribution in [3.8, 4) is 22.9 Å². The molecule has 0 saturated carbocycles. The van der Waals surface area contributed by atoms with Crippen molar-refractivity contribution in [2.45, 2.75) is 26.8 Å². The molecule has 1 aliphatic rings. The molecule has 9 heteroatoms. The van der Waals surface area contributed by atoms with Gasteiger partial charge in [-0.25, -0.2) is 9.18 Å². The largest absolute Gasteiger partial charge is 0.493 e. The van der Waals surface area contributed by atoms with Crippen molar-refractivity contribution in [2.24, 2.45) is 5.92 Å². The summed E-state index contributed by atoms with van der Waals surface area (Å²) in [6.07, 6.45) is 0. The van der Waals surface area contributed by atoms with Gasteiger partial charge in [0.2, 0.25) is 5.82 Å². The Morgan fingerprint density at radius 2 is 1.82 bits per heavy atom. The normalized spacial score (nSPS) is 16.1. The number of methoxy groups -OCH3 is 2. The summed E-state index contributed by atoms with van der Waals surface area (Å²) in [5, 5.41) is 7.18. The Kier molecular flexibility index (Phi) is 6.54. The standard InChI is InChI=1S/C25H27FN4O4/c1-14(2)13-30-15(3)21(22(27-25(30)31)16-6-9-18(26)10-7-16)24-28-23(29-34-24)17-8-11-19(32-4)20(12-17)33-5/h6-12,14,22H,13H2,1-5H3,(H,27,31). The summed E-state index contributed by atoms with van der Waals surface area (Å²) in [6.45, 7) is 6.45. The predicted molar refractivity (Wildman–Crippen MR) is 125 cm³/mol. The lowest BCUT2D eigenvalue weighted by Gasteiger charge is -2.36. The minimum atomic E-state index is -0.574. The first-order valence-electron chi connectivity index (χ1n) is 10.9. The highest BCUT2D eigenvalue weighted by Gasteiger charge is 2.36. The van der Waals surface area contributed by atoms with Crippen LogP contribution in [0.3, 0.4) is 0 Å². The fourth-order valence-corrected chi connectivity index (χ4v) is 3.97. The van der Waals surface area contributed by atoms with E-state index in [2.05, 4.69) is 15.5 Å². The molecule has 2 amide bonds. The number of nitrogens with zero attached hydrogens (tertiary/aromatic N) is 3. The maximum absolute atomic E-state index is 13.6. The lowest BCUT2D eigenvalue weighted by atomic mass is 9.94. The van der Waals surface area contributed by atoms with E-state index < -0.39 is 6.04 Å². The van der Waals surface area contributed by atoms with Crippen LogP contribution in [0.1, 0.15) is 38.3 Å². The lowest BCUT2D eigenvalue weighted by Crippen LogP contribution is -2.47. The molecule has 1 aromatic heterocycles. The number of allylic oxidation sites excluding steroid dienone is 1.